The fraction of sp³-hybridized carbons (Fsp3) is 0.400. The number of nitrogen functional groups attached to an aromatic ring is 1. The molecule has 1 saturated carbocycles. The lowest BCUT2D eigenvalue weighted by Crippen LogP contribution is -2.45. The number of hydrogen-bond acceptors (Lipinski definition) is 7. The summed E-state index contributed by atoms with van der Waals surface area (Å²) in [7, 11) is 0. The van der Waals surface area contributed by atoms with Crippen LogP contribution in [0.25, 0.3) is 33.3 Å². The molecule has 0 atom stereocenters. The van der Waals surface area contributed by atoms with Gasteiger partial charge in [0.2, 0.25) is 0 Å². The molecular weight excluding hydrogens is 488 g/mol. The monoisotopic (exact) mass is 522 g/mol. The van der Waals surface area contributed by atoms with Crippen molar-refractivity contribution >= 4 is 27.9 Å². The highest BCUT2D eigenvalue weighted by molar-refractivity contribution is 6.00. The average molecular weight is 523 g/mol. The number of imidazole rings is 1. The molecule has 0 bridgehead atoms. The minimum atomic E-state index is 0.294. The lowest BCUT2D eigenvalue weighted by atomic mass is 9.90. The van der Waals surface area contributed by atoms with Crippen LogP contribution in [0.4, 0.5) is 5.82 Å². The number of aromatic amines is 1. The van der Waals surface area contributed by atoms with E-state index in [4.69, 9.17) is 20.6 Å². The Morgan fingerprint density at radius 1 is 1.00 bits per heavy atom. The molecule has 1 saturated heterocycles. The number of rotatable bonds is 5. The van der Waals surface area contributed by atoms with Crippen molar-refractivity contribution < 1.29 is 4.74 Å². The molecule has 200 valence electrons. The number of aromatic nitrogens is 6. The lowest BCUT2D eigenvalue weighted by Gasteiger charge is -2.38. The van der Waals surface area contributed by atoms with Crippen LogP contribution < -0.4 is 5.73 Å². The maximum absolute atomic E-state index is 6.45. The van der Waals surface area contributed by atoms with E-state index in [0.29, 0.717) is 17.9 Å². The molecule has 1 aliphatic carbocycles. The number of nitrogens with two attached hydrogens (primary N) is 1. The zero-order valence-electron chi connectivity index (χ0n) is 22.3. The zero-order chi connectivity index (χ0) is 26.3. The SMILES string of the molecule is Cc1cc(-c2nn(C3CCC(N4CCOCC4)CC3)c3ncnc(N)c23)cc2[nH]c(Cc3ccccc3)nc12. The first-order valence-electron chi connectivity index (χ1n) is 14.0. The van der Waals surface area contributed by atoms with Crippen LogP contribution >= 0.6 is 0 Å². The zero-order valence-corrected chi connectivity index (χ0v) is 22.3. The van der Waals surface area contributed by atoms with Gasteiger partial charge in [0, 0.05) is 31.1 Å². The number of benzene rings is 2. The average Bonchev–Trinajstić information content (AvgIpc) is 3.57. The van der Waals surface area contributed by atoms with Crippen LogP contribution in [0.5, 0.6) is 0 Å². The van der Waals surface area contributed by atoms with E-state index in [9.17, 15) is 0 Å². The molecule has 2 aromatic carbocycles. The Morgan fingerprint density at radius 2 is 1.77 bits per heavy atom. The molecule has 0 unspecified atom stereocenters. The van der Waals surface area contributed by atoms with Crippen LogP contribution in [0, 0.1) is 6.92 Å². The molecule has 9 heteroatoms. The molecule has 2 fully saturated rings. The van der Waals surface area contributed by atoms with Gasteiger partial charge >= 0.3 is 0 Å². The molecule has 9 nitrogen and oxygen atoms in total. The quantitative estimate of drug-likeness (QED) is 0.345. The second-order valence-electron chi connectivity index (χ2n) is 10.9. The van der Waals surface area contributed by atoms with Crippen molar-refractivity contribution in [2.45, 2.75) is 51.1 Å². The van der Waals surface area contributed by atoms with Crippen molar-refractivity contribution in [3.05, 3.63) is 65.7 Å². The van der Waals surface area contributed by atoms with Crippen molar-refractivity contribution in [2.24, 2.45) is 0 Å². The predicted molar refractivity (Wildman–Crippen MR) is 152 cm³/mol. The van der Waals surface area contributed by atoms with E-state index in [1.165, 1.54) is 5.56 Å². The van der Waals surface area contributed by atoms with E-state index in [2.05, 4.69) is 67.9 Å². The molecule has 3 N–H and O–H groups in total. The minimum absolute atomic E-state index is 0.294. The number of nitrogens with one attached hydrogen (secondary N) is 1. The highest BCUT2D eigenvalue weighted by Crippen LogP contribution is 2.38. The van der Waals surface area contributed by atoms with Crippen molar-refractivity contribution in [2.75, 3.05) is 32.0 Å². The summed E-state index contributed by atoms with van der Waals surface area (Å²) in [6.45, 7) is 5.87. The Balaban J connectivity index is 1.22. The smallest absolute Gasteiger partial charge is 0.164 e. The number of hydrogen-bond donors (Lipinski definition) is 2. The van der Waals surface area contributed by atoms with E-state index in [1.54, 1.807) is 6.33 Å². The van der Waals surface area contributed by atoms with Gasteiger partial charge in [0.15, 0.2) is 5.65 Å². The third-order valence-electron chi connectivity index (χ3n) is 8.41. The second-order valence-corrected chi connectivity index (χ2v) is 10.9. The van der Waals surface area contributed by atoms with Gasteiger partial charge in [-0.1, -0.05) is 30.3 Å². The van der Waals surface area contributed by atoms with Crippen molar-refractivity contribution in [3.8, 4) is 11.3 Å². The van der Waals surface area contributed by atoms with E-state index >= 15 is 0 Å². The highest BCUT2D eigenvalue weighted by Gasteiger charge is 2.30. The van der Waals surface area contributed by atoms with E-state index < -0.39 is 0 Å². The molecule has 2 aliphatic rings. The summed E-state index contributed by atoms with van der Waals surface area (Å²) in [4.78, 5) is 20.1. The Bertz CT molecular complexity index is 1610. The topological polar surface area (TPSA) is 111 Å². The van der Waals surface area contributed by atoms with Crippen molar-refractivity contribution in [1.82, 2.24) is 34.6 Å². The van der Waals surface area contributed by atoms with Gasteiger partial charge in [-0.2, -0.15) is 5.10 Å². The van der Waals surface area contributed by atoms with E-state index in [0.717, 1.165) is 103 Å². The summed E-state index contributed by atoms with van der Waals surface area (Å²) in [5.74, 6) is 1.42. The lowest BCUT2D eigenvalue weighted by molar-refractivity contribution is 0.00520. The molecule has 4 heterocycles. The largest absolute Gasteiger partial charge is 0.383 e. The van der Waals surface area contributed by atoms with Crippen molar-refractivity contribution in [1.29, 1.82) is 0 Å². The summed E-state index contributed by atoms with van der Waals surface area (Å²) in [5, 5.41) is 6.00. The second kappa shape index (κ2) is 10.1. The molecule has 3 aromatic heterocycles. The number of H-pyrrole nitrogens is 1. The van der Waals surface area contributed by atoms with Gasteiger partial charge < -0.3 is 15.5 Å². The fourth-order valence-corrected chi connectivity index (χ4v) is 6.41. The van der Waals surface area contributed by atoms with Crippen LogP contribution in [-0.4, -0.2) is 67.0 Å². The number of morpholine rings is 1. The summed E-state index contributed by atoms with van der Waals surface area (Å²) < 4.78 is 7.68. The molecule has 0 radical (unpaired) electrons. The van der Waals surface area contributed by atoms with Crippen LogP contribution in [0.1, 0.15) is 48.7 Å². The predicted octanol–water partition coefficient (Wildman–Crippen LogP) is 4.67. The van der Waals surface area contributed by atoms with Crippen LogP contribution in [-0.2, 0) is 11.2 Å². The molecule has 5 aromatic rings. The normalized spacial score (nSPS) is 20.6. The third-order valence-corrected chi connectivity index (χ3v) is 8.41. The van der Waals surface area contributed by atoms with Gasteiger partial charge in [-0.15, -0.1) is 0 Å². The number of anilines is 1. The maximum Gasteiger partial charge on any atom is 0.164 e. The van der Waals surface area contributed by atoms with Gasteiger partial charge in [-0.3, -0.25) is 4.90 Å². The first-order chi connectivity index (χ1) is 19.1. The summed E-state index contributed by atoms with van der Waals surface area (Å²) in [6.07, 6.45) is 6.78. The Labute approximate surface area is 227 Å². The fourth-order valence-electron chi connectivity index (χ4n) is 6.41. The third kappa shape index (κ3) is 4.55. The Morgan fingerprint density at radius 3 is 2.56 bits per heavy atom. The standard InChI is InChI=1S/C30H34N8O/c1-19-15-21(17-24-27(19)35-25(34-24)16-20-5-3-2-4-6-20)28-26-29(31)32-18-33-30(26)38(36-28)23-9-7-22(8-10-23)37-11-13-39-14-12-37/h2-6,15,17-18,22-23H,7-14,16H2,1H3,(H,34,35)(H2,31,32,33). The van der Waals surface area contributed by atoms with Crippen LogP contribution in [0.2, 0.25) is 0 Å². The van der Waals surface area contributed by atoms with Crippen LogP contribution in [0.15, 0.2) is 48.8 Å². The first-order valence-corrected chi connectivity index (χ1v) is 14.0. The first kappa shape index (κ1) is 24.2. The molecule has 7 rings (SSSR count). The number of ether oxygens (including phenoxy) is 1. The number of aryl methyl sites for hydroxylation is 1. The number of fused-ring (bicyclic) bond motifs is 2. The Hall–Kier alpha value is -3.82. The highest BCUT2D eigenvalue weighted by atomic mass is 16.5. The van der Waals surface area contributed by atoms with Gasteiger partial charge in [0.1, 0.15) is 23.7 Å². The molecule has 1 aliphatic heterocycles. The van der Waals surface area contributed by atoms with Gasteiger partial charge in [0.05, 0.1) is 35.7 Å². The van der Waals surface area contributed by atoms with E-state index in [-0.39, 0.29) is 0 Å². The summed E-state index contributed by atoms with van der Waals surface area (Å²) in [5.41, 5.74) is 13.4. The van der Waals surface area contributed by atoms with Crippen LogP contribution in [0.3, 0.4) is 0 Å². The van der Waals surface area contributed by atoms with Gasteiger partial charge in [-0.25, -0.2) is 19.6 Å². The number of nitrogens with zero attached hydrogens (tertiary/aromatic N) is 6. The molecular formula is C30H34N8O. The maximum atomic E-state index is 6.45. The Kier molecular flexibility index (Phi) is 6.25. The van der Waals surface area contributed by atoms with Gasteiger partial charge in [0.25, 0.3) is 0 Å². The minimum Gasteiger partial charge on any atom is -0.383 e. The summed E-state index contributed by atoms with van der Waals surface area (Å²) >= 11 is 0. The van der Waals surface area contributed by atoms with Gasteiger partial charge in [-0.05, 0) is 55.9 Å². The summed E-state index contributed by atoms with van der Waals surface area (Å²) in [6, 6.07) is 15.6. The van der Waals surface area contributed by atoms with E-state index in [1.807, 2.05) is 6.07 Å². The molecule has 39 heavy (non-hydrogen) atoms. The molecule has 0 amide bonds. The molecule has 0 spiro atoms. The van der Waals surface area contributed by atoms with Crippen molar-refractivity contribution in [3.63, 3.8) is 0 Å².